The van der Waals surface area contributed by atoms with Crippen molar-refractivity contribution in [1.29, 1.82) is 0 Å². The van der Waals surface area contributed by atoms with Crippen LogP contribution in [-0.2, 0) is 0 Å². The van der Waals surface area contributed by atoms with E-state index in [4.69, 9.17) is 16.6 Å². The minimum Gasteiger partial charge on any atom is -0.395 e. The zero-order valence-corrected chi connectivity index (χ0v) is 12.4. The van der Waals surface area contributed by atoms with Gasteiger partial charge in [0.2, 0.25) is 0 Å². The number of aliphatic hydroxyl groups excluding tert-OH is 1. The summed E-state index contributed by atoms with van der Waals surface area (Å²) < 4.78 is 0. The SMILES string of the molecule is CN(CCO)C(=O)c1sc(N2CCCC(N)C2)nc1N. The van der Waals surface area contributed by atoms with E-state index in [0.29, 0.717) is 4.88 Å². The van der Waals surface area contributed by atoms with E-state index in [-0.39, 0.29) is 30.9 Å². The summed E-state index contributed by atoms with van der Waals surface area (Å²) in [7, 11) is 1.63. The van der Waals surface area contributed by atoms with E-state index < -0.39 is 0 Å². The van der Waals surface area contributed by atoms with Crippen molar-refractivity contribution < 1.29 is 9.90 Å². The summed E-state index contributed by atoms with van der Waals surface area (Å²) >= 11 is 1.29. The van der Waals surface area contributed by atoms with Gasteiger partial charge in [0.05, 0.1) is 6.61 Å². The monoisotopic (exact) mass is 299 g/mol. The van der Waals surface area contributed by atoms with Gasteiger partial charge in [0.25, 0.3) is 5.91 Å². The van der Waals surface area contributed by atoms with Crippen molar-refractivity contribution in [2.75, 3.05) is 43.9 Å². The zero-order valence-electron chi connectivity index (χ0n) is 11.6. The maximum absolute atomic E-state index is 12.2. The van der Waals surface area contributed by atoms with Crippen LogP contribution in [0.4, 0.5) is 10.9 Å². The number of amides is 1. The Bertz CT molecular complexity index is 478. The van der Waals surface area contributed by atoms with E-state index in [2.05, 4.69) is 9.88 Å². The fourth-order valence-corrected chi connectivity index (χ4v) is 3.23. The van der Waals surface area contributed by atoms with Crippen molar-refractivity contribution in [3.8, 4) is 0 Å². The fraction of sp³-hybridized carbons (Fsp3) is 0.667. The van der Waals surface area contributed by atoms with Crippen molar-refractivity contribution in [1.82, 2.24) is 9.88 Å². The average molecular weight is 299 g/mol. The van der Waals surface area contributed by atoms with E-state index in [9.17, 15) is 4.79 Å². The van der Waals surface area contributed by atoms with Crippen LogP contribution in [0.25, 0.3) is 0 Å². The number of rotatable bonds is 4. The Morgan fingerprint density at radius 3 is 3.05 bits per heavy atom. The maximum Gasteiger partial charge on any atom is 0.267 e. The van der Waals surface area contributed by atoms with Crippen LogP contribution in [0.15, 0.2) is 0 Å². The minimum atomic E-state index is -0.207. The third-order valence-electron chi connectivity index (χ3n) is 3.35. The van der Waals surface area contributed by atoms with Crippen LogP contribution in [0.2, 0.25) is 0 Å². The van der Waals surface area contributed by atoms with Crippen LogP contribution in [-0.4, -0.2) is 60.2 Å². The first-order chi connectivity index (χ1) is 9.52. The lowest BCUT2D eigenvalue weighted by Crippen LogP contribution is -2.42. The van der Waals surface area contributed by atoms with Gasteiger partial charge in [-0.3, -0.25) is 4.79 Å². The number of aliphatic hydroxyl groups is 1. The van der Waals surface area contributed by atoms with Gasteiger partial charge in [0.15, 0.2) is 5.13 Å². The summed E-state index contributed by atoms with van der Waals surface area (Å²) in [4.78, 5) is 20.4. The molecule has 0 aliphatic carbocycles. The third-order valence-corrected chi connectivity index (χ3v) is 4.47. The van der Waals surface area contributed by atoms with E-state index in [1.807, 2.05) is 0 Å². The Labute approximate surface area is 122 Å². The summed E-state index contributed by atoms with van der Waals surface area (Å²) in [5.74, 6) is 0.0422. The molecule has 1 aromatic heterocycles. The number of nitrogens with two attached hydrogens (primary N) is 2. The smallest absolute Gasteiger partial charge is 0.267 e. The molecular weight excluding hydrogens is 278 g/mol. The Morgan fingerprint density at radius 2 is 2.40 bits per heavy atom. The number of aromatic nitrogens is 1. The number of hydrogen-bond acceptors (Lipinski definition) is 7. The van der Waals surface area contributed by atoms with E-state index >= 15 is 0 Å². The van der Waals surface area contributed by atoms with Gasteiger partial charge in [0.1, 0.15) is 10.7 Å². The molecule has 0 saturated carbocycles. The van der Waals surface area contributed by atoms with Crippen molar-refractivity contribution in [2.24, 2.45) is 5.73 Å². The van der Waals surface area contributed by atoms with Crippen LogP contribution >= 0.6 is 11.3 Å². The first kappa shape index (κ1) is 15.0. The largest absolute Gasteiger partial charge is 0.395 e. The van der Waals surface area contributed by atoms with Gasteiger partial charge in [-0.25, -0.2) is 4.98 Å². The molecule has 1 amide bonds. The molecule has 0 aromatic carbocycles. The number of carbonyl (C=O) groups excluding carboxylic acids is 1. The molecule has 1 saturated heterocycles. The van der Waals surface area contributed by atoms with Gasteiger partial charge in [0, 0.05) is 32.7 Å². The van der Waals surface area contributed by atoms with Gasteiger partial charge >= 0.3 is 0 Å². The Balaban J connectivity index is 2.14. The minimum absolute atomic E-state index is 0.0746. The van der Waals surface area contributed by atoms with Crippen LogP contribution < -0.4 is 16.4 Å². The van der Waals surface area contributed by atoms with Crippen molar-refractivity contribution >= 4 is 28.2 Å². The zero-order chi connectivity index (χ0) is 14.7. The third kappa shape index (κ3) is 3.20. The molecule has 1 aliphatic heterocycles. The Kier molecular flexibility index (Phi) is 4.79. The lowest BCUT2D eigenvalue weighted by molar-refractivity contribution is 0.0772. The molecule has 7 nitrogen and oxygen atoms in total. The molecule has 8 heteroatoms. The first-order valence-electron chi connectivity index (χ1n) is 6.66. The molecule has 1 aromatic rings. The summed E-state index contributed by atoms with van der Waals surface area (Å²) in [6.07, 6.45) is 2.04. The molecular formula is C12H21N5O2S. The summed E-state index contributed by atoms with van der Waals surface area (Å²) in [5, 5.41) is 9.63. The van der Waals surface area contributed by atoms with Crippen LogP contribution in [0.5, 0.6) is 0 Å². The maximum atomic E-state index is 12.2. The van der Waals surface area contributed by atoms with E-state index in [1.165, 1.54) is 16.2 Å². The molecule has 20 heavy (non-hydrogen) atoms. The average Bonchev–Trinajstić information content (AvgIpc) is 2.80. The lowest BCUT2D eigenvalue weighted by Gasteiger charge is -2.30. The normalized spacial score (nSPS) is 19.1. The van der Waals surface area contributed by atoms with E-state index in [1.54, 1.807) is 7.05 Å². The number of thiazole rings is 1. The van der Waals surface area contributed by atoms with E-state index in [0.717, 1.165) is 31.1 Å². The molecule has 112 valence electrons. The predicted octanol–water partition coefficient (Wildman–Crippen LogP) is -0.283. The second-order valence-corrected chi connectivity index (χ2v) is 5.99. The second kappa shape index (κ2) is 6.38. The highest BCUT2D eigenvalue weighted by Gasteiger charge is 2.24. The molecule has 0 radical (unpaired) electrons. The molecule has 1 atom stereocenters. The number of piperidine rings is 1. The highest BCUT2D eigenvalue weighted by atomic mass is 32.1. The van der Waals surface area contributed by atoms with Crippen molar-refractivity contribution in [2.45, 2.75) is 18.9 Å². The fourth-order valence-electron chi connectivity index (χ4n) is 2.22. The molecule has 0 spiro atoms. The number of hydrogen-bond donors (Lipinski definition) is 3. The Morgan fingerprint density at radius 1 is 1.65 bits per heavy atom. The van der Waals surface area contributed by atoms with Gasteiger partial charge in [-0.15, -0.1) is 0 Å². The molecule has 1 fully saturated rings. The number of carbonyl (C=O) groups is 1. The lowest BCUT2D eigenvalue weighted by atomic mass is 10.1. The summed E-state index contributed by atoms with van der Waals surface area (Å²) in [6, 6.07) is 0.144. The first-order valence-corrected chi connectivity index (χ1v) is 7.47. The quantitative estimate of drug-likeness (QED) is 0.705. The van der Waals surface area contributed by atoms with Crippen molar-refractivity contribution in [3.63, 3.8) is 0 Å². The summed E-state index contributed by atoms with van der Waals surface area (Å²) in [6.45, 7) is 1.84. The van der Waals surface area contributed by atoms with Gasteiger partial charge in [-0.05, 0) is 12.8 Å². The number of anilines is 2. The molecule has 2 heterocycles. The van der Waals surface area contributed by atoms with Gasteiger partial charge in [-0.1, -0.05) is 11.3 Å². The standard InChI is InChI=1S/C12H21N5O2S/c1-16(5-6-18)11(19)9-10(14)15-12(20-9)17-4-2-3-8(13)7-17/h8,18H,2-7,13-14H2,1H3. The second-order valence-electron chi connectivity index (χ2n) is 5.01. The highest BCUT2D eigenvalue weighted by molar-refractivity contribution is 7.18. The molecule has 2 rings (SSSR count). The Hall–Kier alpha value is -1.38. The topological polar surface area (TPSA) is 109 Å². The van der Waals surface area contributed by atoms with Crippen LogP contribution in [0, 0.1) is 0 Å². The van der Waals surface area contributed by atoms with Gasteiger partial charge in [-0.2, -0.15) is 0 Å². The predicted molar refractivity (Wildman–Crippen MR) is 80.0 cm³/mol. The highest BCUT2D eigenvalue weighted by Crippen LogP contribution is 2.30. The summed E-state index contributed by atoms with van der Waals surface area (Å²) in [5.41, 5.74) is 11.8. The molecule has 0 bridgehead atoms. The molecule has 1 unspecified atom stereocenters. The molecule has 5 N–H and O–H groups in total. The van der Waals surface area contributed by atoms with Crippen LogP contribution in [0.1, 0.15) is 22.5 Å². The number of nitrogen functional groups attached to an aromatic ring is 1. The molecule has 1 aliphatic rings. The van der Waals surface area contributed by atoms with Crippen LogP contribution in [0.3, 0.4) is 0 Å². The van der Waals surface area contributed by atoms with Crippen molar-refractivity contribution in [3.05, 3.63) is 4.88 Å². The number of likely N-dealkylation sites (N-methyl/N-ethyl adjacent to an activating group) is 1. The number of nitrogens with zero attached hydrogens (tertiary/aromatic N) is 3. The van der Waals surface area contributed by atoms with Gasteiger partial charge < -0.3 is 26.4 Å².